The standard InChI is InChI=1S/C15H21N3.C6H12.C2H6/c1-12(2)9-13(3)15(18-11-16)17-10-14-7-5-4-6-8-14;1-4-5-6(2)3;1-2/h4-9,11,17H,10H2,1-3H3,(H2,16,18);2,4-5H2,1,3H3;1-2H3/b15-13+;;. The van der Waals surface area contributed by atoms with Gasteiger partial charge in [0.05, 0.1) is 6.34 Å². The second-order valence-electron chi connectivity index (χ2n) is 6.08. The average molecular weight is 358 g/mol. The summed E-state index contributed by atoms with van der Waals surface area (Å²) in [6.07, 6.45) is 5.81. The Balaban J connectivity index is 0. The molecule has 26 heavy (non-hydrogen) atoms. The molecule has 0 bridgehead atoms. The van der Waals surface area contributed by atoms with E-state index in [4.69, 9.17) is 5.73 Å². The molecule has 1 rings (SSSR count). The number of nitrogens with one attached hydrogen (secondary N) is 1. The van der Waals surface area contributed by atoms with Crippen molar-refractivity contribution >= 4 is 6.34 Å². The molecular formula is C23H39N3. The highest BCUT2D eigenvalue weighted by Gasteiger charge is 1.99. The molecule has 0 spiro atoms. The number of nitrogens with zero attached hydrogens (tertiary/aromatic N) is 1. The van der Waals surface area contributed by atoms with Crippen molar-refractivity contribution in [3.05, 3.63) is 71.1 Å². The van der Waals surface area contributed by atoms with E-state index in [2.05, 4.69) is 62.8 Å². The Bertz CT molecular complexity index is 562. The molecule has 0 saturated heterocycles. The minimum Gasteiger partial charge on any atom is -0.390 e. The minimum atomic E-state index is 0.738. The Labute approximate surface area is 161 Å². The maximum atomic E-state index is 5.38. The highest BCUT2D eigenvalue weighted by Crippen LogP contribution is 2.08. The van der Waals surface area contributed by atoms with Crippen LogP contribution in [0.1, 0.15) is 66.9 Å². The Hall–Kier alpha value is -2.29. The number of hydrogen-bond acceptors (Lipinski definition) is 2. The van der Waals surface area contributed by atoms with Crippen LogP contribution in [0.4, 0.5) is 0 Å². The zero-order valence-corrected chi connectivity index (χ0v) is 17.9. The number of rotatable bonds is 7. The van der Waals surface area contributed by atoms with Crippen LogP contribution in [0, 0.1) is 0 Å². The summed E-state index contributed by atoms with van der Waals surface area (Å²) in [7, 11) is 0. The van der Waals surface area contributed by atoms with E-state index in [1.54, 1.807) is 0 Å². The fourth-order valence-corrected chi connectivity index (χ4v) is 2.07. The SMILES string of the molecule is C=C(C)CCC.CC.CC(C)=C/C(C)=C(/N=C\N)NCc1ccccc1. The second kappa shape index (κ2) is 17.5. The van der Waals surface area contributed by atoms with Gasteiger partial charge in [-0.15, -0.1) is 6.58 Å². The molecule has 0 aliphatic carbocycles. The van der Waals surface area contributed by atoms with E-state index in [0.29, 0.717) is 0 Å². The lowest BCUT2D eigenvalue weighted by atomic mass is 10.2. The van der Waals surface area contributed by atoms with Crippen molar-refractivity contribution in [2.75, 3.05) is 0 Å². The van der Waals surface area contributed by atoms with Crippen LogP contribution < -0.4 is 11.1 Å². The first-order valence-electron chi connectivity index (χ1n) is 9.42. The lowest BCUT2D eigenvalue weighted by Gasteiger charge is -2.09. The molecule has 0 aliphatic rings. The molecule has 0 heterocycles. The van der Waals surface area contributed by atoms with Gasteiger partial charge in [0.2, 0.25) is 0 Å². The van der Waals surface area contributed by atoms with Crippen molar-refractivity contribution in [2.24, 2.45) is 10.7 Å². The van der Waals surface area contributed by atoms with Crippen LogP contribution in [0.2, 0.25) is 0 Å². The number of benzene rings is 1. The summed E-state index contributed by atoms with van der Waals surface area (Å²) in [6.45, 7) is 18.8. The molecule has 0 saturated carbocycles. The van der Waals surface area contributed by atoms with Crippen LogP contribution in [-0.4, -0.2) is 6.34 Å². The zero-order chi connectivity index (χ0) is 20.4. The van der Waals surface area contributed by atoms with Gasteiger partial charge < -0.3 is 11.1 Å². The smallest absolute Gasteiger partial charge is 0.130 e. The third-order valence-electron chi connectivity index (χ3n) is 3.06. The molecule has 146 valence electrons. The van der Waals surface area contributed by atoms with E-state index in [0.717, 1.165) is 17.9 Å². The molecule has 1 aromatic carbocycles. The topological polar surface area (TPSA) is 50.4 Å². The third kappa shape index (κ3) is 15.3. The molecule has 0 amide bonds. The van der Waals surface area contributed by atoms with E-state index in [9.17, 15) is 0 Å². The maximum absolute atomic E-state index is 5.38. The van der Waals surface area contributed by atoms with Crippen LogP contribution >= 0.6 is 0 Å². The largest absolute Gasteiger partial charge is 0.390 e. The van der Waals surface area contributed by atoms with Crippen molar-refractivity contribution in [3.8, 4) is 0 Å². The van der Waals surface area contributed by atoms with Crippen molar-refractivity contribution in [1.82, 2.24) is 5.32 Å². The van der Waals surface area contributed by atoms with Gasteiger partial charge in [-0.25, -0.2) is 4.99 Å². The van der Waals surface area contributed by atoms with Crippen LogP contribution in [0.5, 0.6) is 0 Å². The van der Waals surface area contributed by atoms with Crippen molar-refractivity contribution in [1.29, 1.82) is 0 Å². The van der Waals surface area contributed by atoms with Gasteiger partial charge >= 0.3 is 0 Å². The highest BCUT2D eigenvalue weighted by molar-refractivity contribution is 5.53. The third-order valence-corrected chi connectivity index (χ3v) is 3.06. The average Bonchev–Trinajstić information content (AvgIpc) is 2.61. The number of aliphatic imine (C=N–C) groups is 1. The first kappa shape index (κ1) is 25.9. The summed E-state index contributed by atoms with van der Waals surface area (Å²) in [6, 6.07) is 10.2. The van der Waals surface area contributed by atoms with Crippen LogP contribution in [0.15, 0.2) is 70.5 Å². The summed E-state index contributed by atoms with van der Waals surface area (Å²) >= 11 is 0. The van der Waals surface area contributed by atoms with Gasteiger partial charge in [0.1, 0.15) is 5.82 Å². The summed E-state index contributed by atoms with van der Waals surface area (Å²) in [4.78, 5) is 4.17. The summed E-state index contributed by atoms with van der Waals surface area (Å²) in [5, 5.41) is 3.30. The number of hydrogen-bond donors (Lipinski definition) is 2. The molecule has 3 heteroatoms. The first-order chi connectivity index (χ1) is 12.4. The van der Waals surface area contributed by atoms with Gasteiger partial charge in [0.15, 0.2) is 0 Å². The van der Waals surface area contributed by atoms with Gasteiger partial charge in [0.25, 0.3) is 0 Å². The molecule has 0 atom stereocenters. The highest BCUT2D eigenvalue weighted by atomic mass is 15.0. The van der Waals surface area contributed by atoms with E-state index in [1.165, 1.54) is 35.9 Å². The number of nitrogens with two attached hydrogens (primary N) is 1. The number of allylic oxidation sites excluding steroid dienone is 4. The van der Waals surface area contributed by atoms with Crippen molar-refractivity contribution < 1.29 is 0 Å². The quantitative estimate of drug-likeness (QED) is 0.258. The maximum Gasteiger partial charge on any atom is 0.130 e. The fourth-order valence-electron chi connectivity index (χ4n) is 2.07. The Kier molecular flexibility index (Phi) is 17.5. The van der Waals surface area contributed by atoms with Gasteiger partial charge in [-0.2, -0.15) is 0 Å². The van der Waals surface area contributed by atoms with E-state index >= 15 is 0 Å². The molecule has 0 aliphatic heterocycles. The molecule has 0 fully saturated rings. The summed E-state index contributed by atoms with van der Waals surface area (Å²) < 4.78 is 0. The van der Waals surface area contributed by atoms with Crippen LogP contribution in [0.25, 0.3) is 0 Å². The van der Waals surface area contributed by atoms with E-state index < -0.39 is 0 Å². The monoisotopic (exact) mass is 357 g/mol. The van der Waals surface area contributed by atoms with Gasteiger partial charge in [-0.3, -0.25) is 0 Å². The van der Waals surface area contributed by atoms with E-state index in [1.807, 2.05) is 39.0 Å². The molecule has 3 nitrogen and oxygen atoms in total. The summed E-state index contributed by atoms with van der Waals surface area (Å²) in [5.74, 6) is 0.808. The molecule has 0 aromatic heterocycles. The zero-order valence-electron chi connectivity index (χ0n) is 17.9. The van der Waals surface area contributed by atoms with Crippen LogP contribution in [-0.2, 0) is 6.54 Å². The Morgan fingerprint density at radius 2 is 1.69 bits per heavy atom. The fraction of sp³-hybridized carbons (Fsp3) is 0.435. The normalized spacial score (nSPS) is 10.6. The van der Waals surface area contributed by atoms with Gasteiger partial charge in [-0.1, -0.05) is 74.7 Å². The molecule has 0 unspecified atom stereocenters. The predicted octanol–water partition coefficient (Wildman–Crippen LogP) is 6.35. The van der Waals surface area contributed by atoms with E-state index in [-0.39, 0.29) is 0 Å². The molecular weight excluding hydrogens is 318 g/mol. The van der Waals surface area contributed by atoms with Crippen molar-refractivity contribution in [3.63, 3.8) is 0 Å². The Morgan fingerprint density at radius 1 is 1.12 bits per heavy atom. The molecule has 3 N–H and O–H groups in total. The minimum absolute atomic E-state index is 0.738. The summed E-state index contributed by atoms with van der Waals surface area (Å²) in [5.41, 5.74) is 10.2. The first-order valence-corrected chi connectivity index (χ1v) is 9.42. The predicted molar refractivity (Wildman–Crippen MR) is 119 cm³/mol. The lowest BCUT2D eigenvalue weighted by molar-refractivity contribution is 0.791. The molecule has 0 radical (unpaired) electrons. The second-order valence-corrected chi connectivity index (χ2v) is 6.08. The van der Waals surface area contributed by atoms with Crippen LogP contribution in [0.3, 0.4) is 0 Å². The molecule has 1 aromatic rings. The lowest BCUT2D eigenvalue weighted by Crippen LogP contribution is -2.13. The van der Waals surface area contributed by atoms with Crippen molar-refractivity contribution in [2.45, 2.75) is 67.9 Å². The Morgan fingerprint density at radius 3 is 2.08 bits per heavy atom. The van der Waals surface area contributed by atoms with Gasteiger partial charge in [0, 0.05) is 6.54 Å². The van der Waals surface area contributed by atoms with Gasteiger partial charge in [-0.05, 0) is 45.3 Å².